The molecular formula is C17H18N2O4. The number of carboxylic acid groups (broad SMARTS) is 1. The summed E-state index contributed by atoms with van der Waals surface area (Å²) in [6.07, 6.45) is 0.263. The van der Waals surface area contributed by atoms with Gasteiger partial charge in [-0.15, -0.1) is 0 Å². The number of carbonyl (C=O) groups excluding carboxylic acids is 1. The average molecular weight is 314 g/mol. The van der Waals surface area contributed by atoms with Crippen molar-refractivity contribution in [3.63, 3.8) is 0 Å². The molecule has 0 unspecified atom stereocenters. The summed E-state index contributed by atoms with van der Waals surface area (Å²) in [6.45, 7) is 0. The number of hydrogen-bond donors (Lipinski definition) is 3. The van der Waals surface area contributed by atoms with Crippen molar-refractivity contribution in [1.29, 1.82) is 0 Å². The zero-order chi connectivity index (χ0) is 16.7. The second-order valence-electron chi connectivity index (χ2n) is 4.91. The number of carbonyl (C=O) groups is 2. The van der Waals surface area contributed by atoms with Gasteiger partial charge in [-0.25, -0.2) is 5.43 Å². The highest BCUT2D eigenvalue weighted by atomic mass is 16.5. The summed E-state index contributed by atoms with van der Waals surface area (Å²) in [4.78, 5) is 23.3. The number of rotatable bonds is 7. The molecule has 2 aromatic rings. The Kier molecular flexibility index (Phi) is 5.71. The van der Waals surface area contributed by atoms with Gasteiger partial charge in [0.2, 0.25) is 0 Å². The molecule has 6 heteroatoms. The molecule has 2 rings (SSSR count). The monoisotopic (exact) mass is 314 g/mol. The van der Waals surface area contributed by atoms with Crippen LogP contribution in [0.15, 0.2) is 54.6 Å². The number of benzene rings is 2. The number of ether oxygens (including phenoxy) is 1. The molecule has 2 aromatic carbocycles. The van der Waals surface area contributed by atoms with Crippen LogP contribution in [0.2, 0.25) is 0 Å². The number of aliphatic carboxylic acids is 1. The third-order valence-corrected chi connectivity index (χ3v) is 3.29. The molecule has 120 valence electrons. The molecule has 0 heterocycles. The topological polar surface area (TPSA) is 87.7 Å². The summed E-state index contributed by atoms with van der Waals surface area (Å²) in [6, 6.07) is 14.8. The average Bonchev–Trinajstić information content (AvgIpc) is 2.59. The minimum absolute atomic E-state index is 0.263. The molecule has 23 heavy (non-hydrogen) atoms. The Morgan fingerprint density at radius 1 is 1.09 bits per heavy atom. The van der Waals surface area contributed by atoms with E-state index in [9.17, 15) is 14.7 Å². The molecule has 0 aliphatic carbocycles. The van der Waals surface area contributed by atoms with Gasteiger partial charge in [0, 0.05) is 12.0 Å². The fourth-order valence-corrected chi connectivity index (χ4v) is 2.02. The largest absolute Gasteiger partial charge is 0.497 e. The molecule has 0 bridgehead atoms. The van der Waals surface area contributed by atoms with Crippen LogP contribution in [0.3, 0.4) is 0 Å². The SMILES string of the molecule is COc1ccc(C(=O)NN[C@@H](Cc2ccccc2)C(=O)O)cc1. The van der Waals surface area contributed by atoms with Crippen molar-refractivity contribution in [2.24, 2.45) is 0 Å². The Morgan fingerprint density at radius 2 is 1.74 bits per heavy atom. The normalized spacial score (nSPS) is 11.5. The van der Waals surface area contributed by atoms with Gasteiger partial charge in [0.05, 0.1) is 7.11 Å². The van der Waals surface area contributed by atoms with Gasteiger partial charge in [-0.1, -0.05) is 30.3 Å². The van der Waals surface area contributed by atoms with Crippen LogP contribution in [0.1, 0.15) is 15.9 Å². The van der Waals surface area contributed by atoms with Crippen molar-refractivity contribution in [3.8, 4) is 5.75 Å². The summed E-state index contributed by atoms with van der Waals surface area (Å²) < 4.78 is 5.02. The van der Waals surface area contributed by atoms with Crippen LogP contribution in [-0.2, 0) is 11.2 Å². The Hall–Kier alpha value is -2.86. The molecule has 1 amide bonds. The van der Waals surface area contributed by atoms with Crippen molar-refractivity contribution in [2.75, 3.05) is 7.11 Å². The minimum atomic E-state index is -1.04. The van der Waals surface area contributed by atoms with Crippen LogP contribution in [0.25, 0.3) is 0 Å². The lowest BCUT2D eigenvalue weighted by molar-refractivity contribution is -0.139. The quantitative estimate of drug-likeness (QED) is 0.676. The van der Waals surface area contributed by atoms with Gasteiger partial charge < -0.3 is 9.84 Å². The van der Waals surface area contributed by atoms with Crippen LogP contribution >= 0.6 is 0 Å². The molecular weight excluding hydrogens is 296 g/mol. The zero-order valence-electron chi connectivity index (χ0n) is 12.7. The first-order chi connectivity index (χ1) is 11.1. The van der Waals surface area contributed by atoms with Crippen molar-refractivity contribution in [2.45, 2.75) is 12.5 Å². The molecule has 0 aliphatic heterocycles. The highest BCUT2D eigenvalue weighted by molar-refractivity contribution is 5.94. The maximum absolute atomic E-state index is 12.0. The molecule has 0 spiro atoms. The maximum atomic E-state index is 12.0. The van der Waals surface area contributed by atoms with E-state index in [-0.39, 0.29) is 6.42 Å². The molecule has 0 aromatic heterocycles. The van der Waals surface area contributed by atoms with Crippen LogP contribution in [0.4, 0.5) is 0 Å². The van der Waals surface area contributed by atoms with E-state index in [2.05, 4.69) is 10.9 Å². The third-order valence-electron chi connectivity index (χ3n) is 3.29. The molecule has 0 saturated carbocycles. The van der Waals surface area contributed by atoms with E-state index >= 15 is 0 Å². The first-order valence-corrected chi connectivity index (χ1v) is 7.07. The number of hydrogen-bond acceptors (Lipinski definition) is 4. The van der Waals surface area contributed by atoms with Crippen LogP contribution in [0, 0.1) is 0 Å². The number of carboxylic acids is 1. The molecule has 0 saturated heterocycles. The number of methoxy groups -OCH3 is 1. The van der Waals surface area contributed by atoms with E-state index in [1.807, 2.05) is 30.3 Å². The predicted molar refractivity (Wildman–Crippen MR) is 85.2 cm³/mol. The summed E-state index contributed by atoms with van der Waals surface area (Å²) in [5.74, 6) is -0.808. The number of hydrazine groups is 1. The maximum Gasteiger partial charge on any atom is 0.322 e. The van der Waals surface area contributed by atoms with Gasteiger partial charge in [-0.05, 0) is 29.8 Å². The Morgan fingerprint density at radius 3 is 2.30 bits per heavy atom. The van der Waals surface area contributed by atoms with E-state index in [4.69, 9.17) is 4.74 Å². The molecule has 1 atom stereocenters. The zero-order valence-corrected chi connectivity index (χ0v) is 12.7. The number of nitrogens with one attached hydrogen (secondary N) is 2. The van der Waals surface area contributed by atoms with E-state index < -0.39 is 17.9 Å². The fourth-order valence-electron chi connectivity index (χ4n) is 2.02. The summed E-state index contributed by atoms with van der Waals surface area (Å²) >= 11 is 0. The smallest absolute Gasteiger partial charge is 0.322 e. The van der Waals surface area contributed by atoms with Crippen molar-refractivity contribution >= 4 is 11.9 Å². The van der Waals surface area contributed by atoms with Gasteiger partial charge in [0.25, 0.3) is 5.91 Å². The lowest BCUT2D eigenvalue weighted by atomic mass is 10.1. The highest BCUT2D eigenvalue weighted by Crippen LogP contribution is 2.11. The van der Waals surface area contributed by atoms with Gasteiger partial charge in [-0.3, -0.25) is 15.0 Å². The van der Waals surface area contributed by atoms with Gasteiger partial charge >= 0.3 is 5.97 Å². The van der Waals surface area contributed by atoms with Crippen molar-refractivity contribution in [3.05, 3.63) is 65.7 Å². The molecule has 0 aliphatic rings. The first kappa shape index (κ1) is 16.5. The second kappa shape index (κ2) is 7.95. The Bertz CT molecular complexity index is 656. The summed E-state index contributed by atoms with van der Waals surface area (Å²) in [5, 5.41) is 9.26. The van der Waals surface area contributed by atoms with E-state index in [0.29, 0.717) is 11.3 Å². The molecule has 0 radical (unpaired) electrons. The van der Waals surface area contributed by atoms with E-state index in [0.717, 1.165) is 5.56 Å². The lowest BCUT2D eigenvalue weighted by Crippen LogP contribution is -2.49. The van der Waals surface area contributed by atoms with Gasteiger partial charge in [0.1, 0.15) is 11.8 Å². The predicted octanol–water partition coefficient (Wildman–Crippen LogP) is 1.63. The first-order valence-electron chi connectivity index (χ1n) is 7.07. The standard InChI is InChI=1S/C17H18N2O4/c1-23-14-9-7-13(8-10-14)16(20)19-18-15(17(21)22)11-12-5-3-2-4-6-12/h2-10,15,18H,11H2,1H3,(H,19,20)(H,21,22)/t15-/m0/s1. The van der Waals surface area contributed by atoms with Crippen molar-refractivity contribution in [1.82, 2.24) is 10.9 Å². The fraction of sp³-hybridized carbons (Fsp3) is 0.176. The van der Waals surface area contributed by atoms with Gasteiger partial charge in [0.15, 0.2) is 0 Å². The Labute approximate surface area is 134 Å². The second-order valence-corrected chi connectivity index (χ2v) is 4.91. The Balaban J connectivity index is 1.95. The van der Waals surface area contributed by atoms with E-state index in [1.54, 1.807) is 24.3 Å². The third kappa shape index (κ3) is 4.82. The highest BCUT2D eigenvalue weighted by Gasteiger charge is 2.18. The van der Waals surface area contributed by atoms with Crippen molar-refractivity contribution < 1.29 is 19.4 Å². The number of amides is 1. The van der Waals surface area contributed by atoms with Crippen LogP contribution in [0.5, 0.6) is 5.75 Å². The molecule has 3 N–H and O–H groups in total. The molecule has 6 nitrogen and oxygen atoms in total. The summed E-state index contributed by atoms with van der Waals surface area (Å²) in [7, 11) is 1.54. The van der Waals surface area contributed by atoms with E-state index in [1.165, 1.54) is 7.11 Å². The minimum Gasteiger partial charge on any atom is -0.497 e. The molecule has 0 fully saturated rings. The van der Waals surface area contributed by atoms with Gasteiger partial charge in [-0.2, -0.15) is 0 Å². The lowest BCUT2D eigenvalue weighted by Gasteiger charge is -2.15. The van der Waals surface area contributed by atoms with Crippen LogP contribution in [-0.4, -0.2) is 30.1 Å². The summed E-state index contributed by atoms with van der Waals surface area (Å²) in [5.41, 5.74) is 6.26. The van der Waals surface area contributed by atoms with Crippen LogP contribution < -0.4 is 15.6 Å².